The number of amides is 3. The Bertz CT molecular complexity index is 826. The Kier molecular flexibility index (Phi) is 4.80. The summed E-state index contributed by atoms with van der Waals surface area (Å²) in [6.45, 7) is 0. The van der Waals surface area contributed by atoms with Crippen LogP contribution in [0.3, 0.4) is 0 Å². The van der Waals surface area contributed by atoms with E-state index in [4.69, 9.17) is 4.74 Å². The van der Waals surface area contributed by atoms with Gasteiger partial charge < -0.3 is 9.64 Å². The van der Waals surface area contributed by atoms with E-state index in [1.165, 1.54) is 4.90 Å². The van der Waals surface area contributed by atoms with E-state index in [9.17, 15) is 14.4 Å². The van der Waals surface area contributed by atoms with E-state index >= 15 is 0 Å². The lowest BCUT2D eigenvalue weighted by Crippen LogP contribution is -2.52. The van der Waals surface area contributed by atoms with Crippen molar-refractivity contribution in [1.29, 1.82) is 0 Å². The van der Waals surface area contributed by atoms with Gasteiger partial charge in [-0.25, -0.2) is 4.79 Å². The van der Waals surface area contributed by atoms with E-state index in [1.54, 1.807) is 23.1 Å². The number of para-hydroxylation sites is 1. The lowest BCUT2D eigenvalue weighted by atomic mass is 9.92. The van der Waals surface area contributed by atoms with E-state index in [1.807, 2.05) is 6.07 Å². The molecule has 6 nitrogen and oxygen atoms in total. The van der Waals surface area contributed by atoms with Gasteiger partial charge in [-0.2, -0.15) is 0 Å². The molecule has 0 spiro atoms. The number of ketones is 1. The second-order valence-electron chi connectivity index (χ2n) is 8.83. The van der Waals surface area contributed by atoms with Gasteiger partial charge in [0, 0.05) is 12.1 Å². The van der Waals surface area contributed by atoms with Gasteiger partial charge in [0.2, 0.25) is 5.78 Å². The number of carbonyl (C=O) groups excluding carboxylic acids is 3. The van der Waals surface area contributed by atoms with Crippen LogP contribution in [0.2, 0.25) is 0 Å². The Morgan fingerprint density at radius 1 is 0.793 bits per heavy atom. The monoisotopic (exact) mass is 396 g/mol. The van der Waals surface area contributed by atoms with Crippen LogP contribution < -0.4 is 4.74 Å². The van der Waals surface area contributed by atoms with E-state index < -0.39 is 12.1 Å². The van der Waals surface area contributed by atoms with Crippen molar-refractivity contribution in [3.8, 4) is 5.75 Å². The minimum absolute atomic E-state index is 0.0129. The van der Waals surface area contributed by atoms with E-state index in [0.29, 0.717) is 11.3 Å². The molecule has 3 amide bonds. The predicted molar refractivity (Wildman–Crippen MR) is 107 cm³/mol. The molecule has 1 saturated heterocycles. The van der Waals surface area contributed by atoms with Crippen LogP contribution in [0.4, 0.5) is 4.79 Å². The molecule has 0 radical (unpaired) electrons. The number of Topliss-reactive ketones (excluding diaryl/α,β-unsaturated/α-hetero) is 1. The quantitative estimate of drug-likeness (QED) is 0.726. The summed E-state index contributed by atoms with van der Waals surface area (Å²) in [5, 5.41) is 0. The van der Waals surface area contributed by atoms with Crippen LogP contribution in [0.15, 0.2) is 24.3 Å². The summed E-state index contributed by atoms with van der Waals surface area (Å²) in [5.41, 5.74) is 0.512. The fourth-order valence-corrected chi connectivity index (χ4v) is 5.62. The number of hydrogen-bond acceptors (Lipinski definition) is 4. The summed E-state index contributed by atoms with van der Waals surface area (Å²) in [6, 6.07) is 6.05. The van der Waals surface area contributed by atoms with Gasteiger partial charge in [-0.3, -0.25) is 14.5 Å². The molecular weight excluding hydrogens is 368 g/mol. The van der Waals surface area contributed by atoms with Gasteiger partial charge in [0.15, 0.2) is 12.1 Å². The van der Waals surface area contributed by atoms with Crippen molar-refractivity contribution < 1.29 is 19.1 Å². The summed E-state index contributed by atoms with van der Waals surface area (Å²) >= 11 is 0. The summed E-state index contributed by atoms with van der Waals surface area (Å²) in [7, 11) is 0. The third-order valence-corrected chi connectivity index (χ3v) is 7.08. The normalized spacial score (nSPS) is 28.8. The third-order valence-electron chi connectivity index (χ3n) is 7.08. The Balaban J connectivity index is 1.49. The first kappa shape index (κ1) is 18.6. The molecule has 5 rings (SSSR count). The maximum absolute atomic E-state index is 13.6. The molecule has 0 aromatic heterocycles. The van der Waals surface area contributed by atoms with Crippen molar-refractivity contribution in [2.24, 2.45) is 0 Å². The van der Waals surface area contributed by atoms with Gasteiger partial charge in [0.05, 0.1) is 5.56 Å². The number of carbonyl (C=O) groups is 3. The van der Waals surface area contributed by atoms with Gasteiger partial charge in [-0.15, -0.1) is 0 Å². The molecule has 4 aliphatic rings. The van der Waals surface area contributed by atoms with E-state index in [2.05, 4.69) is 0 Å². The number of urea groups is 1. The van der Waals surface area contributed by atoms with Gasteiger partial charge in [0.25, 0.3) is 5.91 Å². The number of benzene rings is 1. The van der Waals surface area contributed by atoms with Crippen molar-refractivity contribution in [2.45, 2.75) is 88.4 Å². The number of nitrogens with zero attached hydrogens (tertiary/aromatic N) is 2. The first-order chi connectivity index (χ1) is 14.2. The average Bonchev–Trinajstić information content (AvgIpc) is 3.22. The van der Waals surface area contributed by atoms with Crippen LogP contribution in [-0.2, 0) is 4.79 Å². The Morgan fingerprint density at radius 2 is 1.41 bits per heavy atom. The lowest BCUT2D eigenvalue weighted by molar-refractivity contribution is -0.132. The van der Waals surface area contributed by atoms with E-state index in [-0.39, 0.29) is 29.8 Å². The van der Waals surface area contributed by atoms with Gasteiger partial charge in [-0.1, -0.05) is 50.7 Å². The maximum atomic E-state index is 13.6. The zero-order chi connectivity index (χ0) is 20.0. The fourth-order valence-electron chi connectivity index (χ4n) is 5.62. The molecule has 0 N–H and O–H groups in total. The topological polar surface area (TPSA) is 66.9 Å². The van der Waals surface area contributed by atoms with Gasteiger partial charge in [-0.05, 0) is 37.8 Å². The highest BCUT2D eigenvalue weighted by atomic mass is 16.5. The Morgan fingerprint density at radius 3 is 2.07 bits per heavy atom. The molecule has 1 aromatic carbocycles. The number of hydrogen-bond donors (Lipinski definition) is 0. The molecule has 154 valence electrons. The number of ether oxygens (including phenoxy) is 1. The lowest BCUT2D eigenvalue weighted by Gasteiger charge is -2.35. The molecule has 2 heterocycles. The fraction of sp³-hybridized carbons (Fsp3) is 0.609. The highest BCUT2D eigenvalue weighted by Gasteiger charge is 2.57. The highest BCUT2D eigenvalue weighted by Crippen LogP contribution is 2.39. The standard InChI is InChI=1S/C23H28N2O4/c26-20-17-13-7-8-14-18(17)29-21(20)19-22(27)25(16-11-5-2-6-12-16)23(28)24(19)15-9-3-1-4-10-15/h7-8,13-16,19,21H,1-6,9-12H2/t19-,21+/m1/s1. The van der Waals surface area contributed by atoms with Crippen LogP contribution >= 0.6 is 0 Å². The van der Waals surface area contributed by atoms with Crippen LogP contribution in [0.25, 0.3) is 0 Å². The summed E-state index contributed by atoms with van der Waals surface area (Å²) in [4.78, 5) is 43.4. The van der Waals surface area contributed by atoms with Crippen molar-refractivity contribution in [3.63, 3.8) is 0 Å². The summed E-state index contributed by atoms with van der Waals surface area (Å²) < 4.78 is 5.99. The molecule has 3 fully saturated rings. The van der Waals surface area contributed by atoms with Crippen molar-refractivity contribution in [2.75, 3.05) is 0 Å². The molecule has 6 heteroatoms. The van der Waals surface area contributed by atoms with Crippen LogP contribution in [0.5, 0.6) is 5.75 Å². The number of rotatable bonds is 3. The molecule has 2 aliphatic heterocycles. The molecular formula is C23H28N2O4. The molecule has 0 bridgehead atoms. The third kappa shape index (κ3) is 3.04. The Hall–Kier alpha value is -2.37. The van der Waals surface area contributed by atoms with Crippen LogP contribution in [-0.4, -0.2) is 51.8 Å². The molecule has 2 saturated carbocycles. The predicted octanol–water partition coefficient (Wildman–Crippen LogP) is 3.93. The zero-order valence-electron chi connectivity index (χ0n) is 16.7. The van der Waals surface area contributed by atoms with Crippen LogP contribution in [0.1, 0.15) is 74.6 Å². The molecule has 1 aromatic rings. The smallest absolute Gasteiger partial charge is 0.328 e. The first-order valence-corrected chi connectivity index (χ1v) is 11.1. The molecule has 2 aliphatic carbocycles. The minimum Gasteiger partial charge on any atom is -0.479 e. The van der Waals surface area contributed by atoms with Gasteiger partial charge >= 0.3 is 6.03 Å². The number of imide groups is 1. The summed E-state index contributed by atoms with van der Waals surface area (Å²) in [5.74, 6) is 0.0964. The summed E-state index contributed by atoms with van der Waals surface area (Å²) in [6.07, 6.45) is 9.08. The highest BCUT2D eigenvalue weighted by molar-refractivity contribution is 6.12. The second kappa shape index (κ2) is 7.47. The largest absolute Gasteiger partial charge is 0.479 e. The number of fused-ring (bicyclic) bond motifs is 1. The minimum atomic E-state index is -0.931. The van der Waals surface area contributed by atoms with E-state index in [0.717, 1.165) is 64.2 Å². The maximum Gasteiger partial charge on any atom is 0.328 e. The van der Waals surface area contributed by atoms with Crippen molar-refractivity contribution in [3.05, 3.63) is 29.8 Å². The zero-order valence-corrected chi connectivity index (χ0v) is 16.7. The van der Waals surface area contributed by atoms with Crippen LogP contribution in [0, 0.1) is 0 Å². The SMILES string of the molecule is O=C1c2ccccc2O[C@H]1[C@@H]1C(=O)N(C2CCCCC2)C(=O)N1C1CCCCC1. The molecule has 0 unspecified atom stereocenters. The Labute approximate surface area is 171 Å². The van der Waals surface area contributed by atoms with Gasteiger partial charge in [0.1, 0.15) is 5.75 Å². The second-order valence-corrected chi connectivity index (χ2v) is 8.83. The van der Waals surface area contributed by atoms with Crippen molar-refractivity contribution >= 4 is 17.7 Å². The first-order valence-electron chi connectivity index (χ1n) is 11.1. The average molecular weight is 396 g/mol. The molecule has 2 atom stereocenters. The van der Waals surface area contributed by atoms with Crippen molar-refractivity contribution in [1.82, 2.24) is 9.80 Å². The molecule has 29 heavy (non-hydrogen) atoms.